The Labute approximate surface area is 196 Å². The van der Waals surface area contributed by atoms with E-state index in [0.717, 1.165) is 22.4 Å². The molecule has 6 nitrogen and oxygen atoms in total. The molecule has 172 valence electrons. The lowest BCUT2D eigenvalue weighted by Gasteiger charge is -2.24. The maximum absolute atomic E-state index is 14.2. The quantitative estimate of drug-likeness (QED) is 0.592. The number of rotatable bonds is 4. The van der Waals surface area contributed by atoms with E-state index in [9.17, 15) is 19.1 Å². The van der Waals surface area contributed by atoms with Crippen LogP contribution in [-0.2, 0) is 15.0 Å². The monoisotopic (exact) mass is 467 g/mol. The Hall–Kier alpha value is -3.13. The number of fused-ring (bicyclic) bond motifs is 1. The maximum atomic E-state index is 14.2. The van der Waals surface area contributed by atoms with Gasteiger partial charge in [0.05, 0.1) is 22.4 Å². The van der Waals surface area contributed by atoms with Gasteiger partial charge in [0.25, 0.3) is 0 Å². The smallest absolute Gasteiger partial charge is 0.323 e. The summed E-state index contributed by atoms with van der Waals surface area (Å²) in [5.74, 6) is -1.39. The number of amides is 1. The van der Waals surface area contributed by atoms with Crippen LogP contribution in [0.4, 0.5) is 10.2 Å². The summed E-state index contributed by atoms with van der Waals surface area (Å²) in [6.45, 7) is 7.58. The molecule has 1 aliphatic heterocycles. The zero-order chi connectivity index (χ0) is 23.9. The predicted molar refractivity (Wildman–Crippen MR) is 128 cm³/mol. The number of hydrogen-bond acceptors (Lipinski definition) is 4. The summed E-state index contributed by atoms with van der Waals surface area (Å²) in [5, 5.41) is 14.2. The molecular formula is C25H26FN3O3S. The Bertz CT molecular complexity index is 1230. The fraction of sp³-hybridized carbons (Fsp3) is 0.320. The molecule has 3 aromatic rings. The van der Waals surface area contributed by atoms with Crippen LogP contribution in [0.5, 0.6) is 0 Å². The number of hydrogen-bond donors (Lipinski definition) is 1. The van der Waals surface area contributed by atoms with Crippen LogP contribution < -0.4 is 4.90 Å². The van der Waals surface area contributed by atoms with Gasteiger partial charge in [0.15, 0.2) is 0 Å². The summed E-state index contributed by atoms with van der Waals surface area (Å²) in [6, 6.07) is 14.0. The van der Waals surface area contributed by atoms with Crippen LogP contribution in [0.15, 0.2) is 48.5 Å². The highest BCUT2D eigenvalue weighted by molar-refractivity contribution is 8.00. The van der Waals surface area contributed by atoms with Crippen LogP contribution in [0, 0.1) is 12.7 Å². The van der Waals surface area contributed by atoms with Gasteiger partial charge in [-0.25, -0.2) is 9.07 Å². The van der Waals surface area contributed by atoms with Gasteiger partial charge in [0, 0.05) is 11.0 Å². The molecule has 8 heteroatoms. The molecule has 1 aliphatic rings. The molecule has 4 rings (SSSR count). The van der Waals surface area contributed by atoms with Crippen molar-refractivity contribution in [1.29, 1.82) is 0 Å². The van der Waals surface area contributed by atoms with Gasteiger partial charge in [-0.2, -0.15) is 5.10 Å². The van der Waals surface area contributed by atoms with Crippen LogP contribution >= 0.6 is 11.8 Å². The third-order valence-corrected chi connectivity index (χ3v) is 6.75. The SMILES string of the molecule is Cc1cccc(C2SCC(=O)N(CC(=O)O)c3c2c(C(C)(C)C)nn3-c2cccc(F)c2)c1. The van der Waals surface area contributed by atoms with Crippen molar-refractivity contribution in [1.82, 2.24) is 9.78 Å². The average molecular weight is 468 g/mol. The van der Waals surface area contributed by atoms with Crippen molar-refractivity contribution in [2.24, 2.45) is 0 Å². The molecular weight excluding hydrogens is 441 g/mol. The third kappa shape index (κ3) is 4.53. The molecule has 0 saturated heterocycles. The van der Waals surface area contributed by atoms with Gasteiger partial charge >= 0.3 is 5.97 Å². The maximum Gasteiger partial charge on any atom is 0.323 e. The molecule has 33 heavy (non-hydrogen) atoms. The van der Waals surface area contributed by atoms with Gasteiger partial charge in [0.1, 0.15) is 18.2 Å². The van der Waals surface area contributed by atoms with Crippen molar-refractivity contribution in [2.75, 3.05) is 17.2 Å². The molecule has 1 N–H and O–H groups in total. The number of carbonyl (C=O) groups excluding carboxylic acids is 1. The van der Waals surface area contributed by atoms with E-state index in [0.29, 0.717) is 11.5 Å². The molecule has 1 amide bonds. The summed E-state index contributed by atoms with van der Waals surface area (Å²) >= 11 is 1.46. The molecule has 1 unspecified atom stereocenters. The number of thioether (sulfide) groups is 1. The second-order valence-electron chi connectivity index (χ2n) is 9.21. The topological polar surface area (TPSA) is 75.4 Å². The standard InChI is InChI=1S/C25H26FN3O3S/c1-15-7-5-8-16(11-15)22-21-23(25(2,3)4)27-29(18-10-6-9-17(26)12-18)24(21)28(13-20(31)32)19(30)14-33-22/h5-12,22H,13-14H2,1-4H3,(H,31,32). The molecule has 1 atom stereocenters. The van der Waals surface area contributed by atoms with E-state index < -0.39 is 23.7 Å². The summed E-state index contributed by atoms with van der Waals surface area (Å²) in [6.07, 6.45) is 0. The zero-order valence-corrected chi connectivity index (χ0v) is 19.8. The molecule has 0 radical (unpaired) electrons. The van der Waals surface area contributed by atoms with Crippen LogP contribution in [-0.4, -0.2) is 39.1 Å². The van der Waals surface area contributed by atoms with E-state index >= 15 is 0 Å². The van der Waals surface area contributed by atoms with E-state index in [1.54, 1.807) is 12.1 Å². The Morgan fingerprint density at radius 2 is 1.94 bits per heavy atom. The molecule has 0 aliphatic carbocycles. The van der Waals surface area contributed by atoms with E-state index in [1.165, 1.54) is 33.5 Å². The Kier molecular flexibility index (Phi) is 6.05. The largest absolute Gasteiger partial charge is 0.480 e. The van der Waals surface area contributed by atoms with E-state index in [4.69, 9.17) is 5.10 Å². The van der Waals surface area contributed by atoms with Gasteiger partial charge in [-0.3, -0.25) is 14.5 Å². The lowest BCUT2D eigenvalue weighted by Crippen LogP contribution is -2.38. The second-order valence-corrected chi connectivity index (χ2v) is 10.3. The first kappa shape index (κ1) is 23.0. The van der Waals surface area contributed by atoms with E-state index in [1.807, 2.05) is 45.9 Å². The summed E-state index contributed by atoms with van der Waals surface area (Å²) < 4.78 is 15.7. The number of aryl methyl sites for hydroxylation is 1. The van der Waals surface area contributed by atoms with Crippen molar-refractivity contribution in [3.05, 3.63) is 76.7 Å². The minimum absolute atomic E-state index is 0.118. The Balaban J connectivity index is 2.08. The van der Waals surface area contributed by atoms with Gasteiger partial charge in [0.2, 0.25) is 5.91 Å². The fourth-order valence-electron chi connectivity index (χ4n) is 4.09. The predicted octanol–water partition coefficient (Wildman–Crippen LogP) is 4.87. The number of benzene rings is 2. The van der Waals surface area contributed by atoms with Crippen molar-refractivity contribution >= 4 is 29.5 Å². The Morgan fingerprint density at radius 1 is 1.21 bits per heavy atom. The Morgan fingerprint density at radius 3 is 2.58 bits per heavy atom. The summed E-state index contributed by atoms with van der Waals surface area (Å²) in [5.41, 5.74) is 3.64. The highest BCUT2D eigenvalue weighted by Gasteiger charge is 2.39. The van der Waals surface area contributed by atoms with Gasteiger partial charge < -0.3 is 5.11 Å². The van der Waals surface area contributed by atoms with Crippen LogP contribution in [0.2, 0.25) is 0 Å². The van der Waals surface area contributed by atoms with Crippen LogP contribution in [0.1, 0.15) is 48.4 Å². The number of aromatic nitrogens is 2. The summed E-state index contributed by atoms with van der Waals surface area (Å²) in [7, 11) is 0. The lowest BCUT2D eigenvalue weighted by atomic mass is 9.87. The molecule has 2 heterocycles. The van der Waals surface area contributed by atoms with Crippen molar-refractivity contribution < 1.29 is 19.1 Å². The van der Waals surface area contributed by atoms with Gasteiger partial charge in [-0.05, 0) is 30.7 Å². The average Bonchev–Trinajstić information content (AvgIpc) is 3.07. The van der Waals surface area contributed by atoms with Crippen molar-refractivity contribution in [3.63, 3.8) is 0 Å². The number of carboxylic acid groups (broad SMARTS) is 1. The van der Waals surface area contributed by atoms with Crippen LogP contribution in [0.25, 0.3) is 5.69 Å². The molecule has 0 bridgehead atoms. The van der Waals surface area contributed by atoms with Gasteiger partial charge in [-0.1, -0.05) is 56.7 Å². The highest BCUT2D eigenvalue weighted by Crippen LogP contribution is 2.48. The molecule has 0 saturated carbocycles. The molecule has 2 aromatic carbocycles. The van der Waals surface area contributed by atoms with Gasteiger partial charge in [-0.15, -0.1) is 11.8 Å². The van der Waals surface area contributed by atoms with E-state index in [2.05, 4.69) is 6.07 Å². The highest BCUT2D eigenvalue weighted by atomic mass is 32.2. The molecule has 0 spiro atoms. The number of aliphatic carboxylic acids is 1. The number of anilines is 1. The minimum atomic E-state index is -1.13. The zero-order valence-electron chi connectivity index (χ0n) is 19.0. The first-order chi connectivity index (χ1) is 15.6. The number of halogens is 1. The first-order valence-corrected chi connectivity index (χ1v) is 11.7. The van der Waals surface area contributed by atoms with Crippen molar-refractivity contribution in [3.8, 4) is 5.69 Å². The number of carboxylic acids is 1. The molecule has 0 fully saturated rings. The van der Waals surface area contributed by atoms with Crippen molar-refractivity contribution in [2.45, 2.75) is 38.4 Å². The third-order valence-electron chi connectivity index (χ3n) is 5.49. The first-order valence-electron chi connectivity index (χ1n) is 10.7. The number of nitrogens with zero attached hydrogens (tertiary/aromatic N) is 3. The van der Waals surface area contributed by atoms with Crippen LogP contribution in [0.3, 0.4) is 0 Å². The fourth-order valence-corrected chi connectivity index (χ4v) is 5.28. The molecule has 1 aromatic heterocycles. The number of carbonyl (C=O) groups is 2. The normalized spacial score (nSPS) is 16.5. The second kappa shape index (κ2) is 8.67. The van der Waals surface area contributed by atoms with E-state index in [-0.39, 0.29) is 16.9 Å². The summed E-state index contributed by atoms with van der Waals surface area (Å²) in [4.78, 5) is 26.2. The lowest BCUT2D eigenvalue weighted by molar-refractivity contribution is -0.136. The minimum Gasteiger partial charge on any atom is -0.480 e.